The molecule has 1 aliphatic rings. The first-order valence-electron chi connectivity index (χ1n) is 14.9. The van der Waals surface area contributed by atoms with Crippen molar-refractivity contribution < 1.29 is 9.53 Å². The van der Waals surface area contributed by atoms with Crippen LogP contribution in [0.2, 0.25) is 5.04 Å². The van der Waals surface area contributed by atoms with Crippen LogP contribution < -0.4 is 10.4 Å². The maximum atomic E-state index is 10.9. The second-order valence-corrected chi connectivity index (χ2v) is 17.2. The Labute approximate surface area is 240 Å². The molecular formula is C36H52O2Si. The monoisotopic (exact) mass is 544 g/mol. The molecule has 0 amide bonds. The third kappa shape index (κ3) is 7.31. The Morgan fingerprint density at radius 3 is 1.92 bits per heavy atom. The van der Waals surface area contributed by atoms with E-state index in [4.69, 9.17) is 4.43 Å². The molecule has 0 bridgehead atoms. The van der Waals surface area contributed by atoms with E-state index in [-0.39, 0.29) is 17.2 Å². The summed E-state index contributed by atoms with van der Waals surface area (Å²) in [5.74, 6) is 1.90. The standard InChI is InChI=1S/C36H52O2Si/c1-9-17-29(37)25-35-33(27(3)4)24-23-28(5)34(35)26-30(18-10-2)38-39(36(6,7)8,31-19-13-11-14-20-31)32-21-15-12-16-22-32/h9-16,19-23,27,29-30,33-35,37H,1-2,17-18,24-26H2,3-8H3/t29?,30?,33-,34+,35-/m1/s1. The van der Waals surface area contributed by atoms with Gasteiger partial charge in [0.1, 0.15) is 0 Å². The number of rotatable bonds is 13. The first kappa shape index (κ1) is 31.3. The van der Waals surface area contributed by atoms with Crippen LogP contribution in [0.5, 0.6) is 0 Å². The topological polar surface area (TPSA) is 29.5 Å². The van der Waals surface area contributed by atoms with Crippen molar-refractivity contribution in [3.05, 3.63) is 97.6 Å². The highest BCUT2D eigenvalue weighted by molar-refractivity contribution is 6.99. The van der Waals surface area contributed by atoms with Gasteiger partial charge in [0.05, 0.1) is 6.10 Å². The van der Waals surface area contributed by atoms with Gasteiger partial charge in [0.25, 0.3) is 8.32 Å². The second-order valence-electron chi connectivity index (χ2n) is 12.9. The zero-order valence-corrected chi connectivity index (χ0v) is 26.3. The molecule has 2 aromatic carbocycles. The fraction of sp³-hybridized carbons (Fsp3) is 0.500. The minimum absolute atomic E-state index is 0.0344. The Hall–Kier alpha value is -2.20. The average molecular weight is 545 g/mol. The van der Waals surface area contributed by atoms with Crippen molar-refractivity contribution in [3.63, 3.8) is 0 Å². The molecule has 0 saturated heterocycles. The van der Waals surface area contributed by atoms with Crippen LogP contribution in [0, 0.1) is 23.7 Å². The number of aliphatic hydroxyl groups excluding tert-OH is 1. The van der Waals surface area contributed by atoms with Crippen LogP contribution in [-0.4, -0.2) is 25.6 Å². The summed E-state index contributed by atoms with van der Waals surface area (Å²) < 4.78 is 7.62. The Morgan fingerprint density at radius 1 is 0.923 bits per heavy atom. The van der Waals surface area contributed by atoms with E-state index in [0.717, 1.165) is 25.7 Å². The number of hydrogen-bond donors (Lipinski definition) is 1. The van der Waals surface area contributed by atoms with Gasteiger partial charge < -0.3 is 9.53 Å². The molecule has 2 unspecified atom stereocenters. The lowest BCUT2D eigenvalue weighted by Crippen LogP contribution is -2.67. The third-order valence-electron chi connectivity index (χ3n) is 8.91. The van der Waals surface area contributed by atoms with Gasteiger partial charge in [0.15, 0.2) is 0 Å². The van der Waals surface area contributed by atoms with E-state index in [1.54, 1.807) is 0 Å². The molecule has 0 spiro atoms. The summed E-state index contributed by atoms with van der Waals surface area (Å²) in [6.07, 6.45) is 10.3. The van der Waals surface area contributed by atoms with E-state index in [2.05, 4.69) is 121 Å². The average Bonchev–Trinajstić information content (AvgIpc) is 2.89. The molecule has 0 heterocycles. The van der Waals surface area contributed by atoms with Crippen molar-refractivity contribution in [2.24, 2.45) is 23.7 Å². The zero-order chi connectivity index (χ0) is 28.6. The van der Waals surface area contributed by atoms with E-state index >= 15 is 0 Å². The summed E-state index contributed by atoms with van der Waals surface area (Å²) >= 11 is 0. The molecular weight excluding hydrogens is 492 g/mol. The van der Waals surface area contributed by atoms with Crippen molar-refractivity contribution >= 4 is 18.7 Å². The number of hydrogen-bond acceptors (Lipinski definition) is 2. The summed E-state index contributed by atoms with van der Waals surface area (Å²) in [4.78, 5) is 0. The molecule has 2 aromatic rings. The normalized spacial score (nSPS) is 21.7. The summed E-state index contributed by atoms with van der Waals surface area (Å²) in [5.41, 5.74) is 1.45. The van der Waals surface area contributed by atoms with Crippen molar-refractivity contribution in [1.82, 2.24) is 0 Å². The molecule has 1 aliphatic carbocycles. The minimum atomic E-state index is -2.69. The van der Waals surface area contributed by atoms with Crippen molar-refractivity contribution in [3.8, 4) is 0 Å². The summed E-state index contributed by atoms with van der Waals surface area (Å²) in [5, 5.41) is 13.4. The number of allylic oxidation sites excluding steroid dienone is 2. The predicted octanol–water partition coefficient (Wildman–Crippen LogP) is 8.08. The fourth-order valence-electron chi connectivity index (χ4n) is 6.96. The van der Waals surface area contributed by atoms with E-state index in [0.29, 0.717) is 30.1 Å². The summed E-state index contributed by atoms with van der Waals surface area (Å²) in [7, 11) is -2.69. The van der Waals surface area contributed by atoms with Crippen molar-refractivity contribution in [1.29, 1.82) is 0 Å². The van der Waals surface area contributed by atoms with Crippen LogP contribution in [0.4, 0.5) is 0 Å². The Balaban J connectivity index is 2.08. The van der Waals surface area contributed by atoms with Crippen LogP contribution in [0.3, 0.4) is 0 Å². The Kier molecular flexibility index (Phi) is 11.2. The molecule has 39 heavy (non-hydrogen) atoms. The second kappa shape index (κ2) is 13.9. The lowest BCUT2D eigenvalue weighted by Gasteiger charge is -2.47. The van der Waals surface area contributed by atoms with Gasteiger partial charge in [0.2, 0.25) is 0 Å². The smallest absolute Gasteiger partial charge is 0.261 e. The molecule has 1 N–H and O–H groups in total. The maximum Gasteiger partial charge on any atom is 0.261 e. The van der Waals surface area contributed by atoms with Crippen LogP contribution in [0.1, 0.15) is 73.6 Å². The zero-order valence-electron chi connectivity index (χ0n) is 25.3. The van der Waals surface area contributed by atoms with Crippen LogP contribution in [0.25, 0.3) is 0 Å². The SMILES string of the molecule is C=CCC(O)C[C@@H]1[C@@H](C(C)C)CC=C(C)[C@@H]1CC(CC=C)O[Si](c1ccccc1)(c1ccccc1)C(C)(C)C. The van der Waals surface area contributed by atoms with E-state index in [1.807, 2.05) is 12.2 Å². The lowest BCUT2D eigenvalue weighted by molar-refractivity contribution is 0.0640. The quantitative estimate of drug-likeness (QED) is 0.204. The highest BCUT2D eigenvalue weighted by Crippen LogP contribution is 2.45. The molecule has 0 radical (unpaired) electrons. The molecule has 0 fully saturated rings. The van der Waals surface area contributed by atoms with Gasteiger partial charge in [-0.2, -0.15) is 0 Å². The van der Waals surface area contributed by atoms with E-state index in [9.17, 15) is 5.11 Å². The van der Waals surface area contributed by atoms with E-state index < -0.39 is 8.32 Å². The number of benzene rings is 2. The van der Waals surface area contributed by atoms with Crippen molar-refractivity contribution in [2.75, 3.05) is 0 Å². The third-order valence-corrected chi connectivity index (χ3v) is 14.0. The van der Waals surface area contributed by atoms with Crippen molar-refractivity contribution in [2.45, 2.75) is 90.9 Å². The molecule has 3 rings (SSSR count). The highest BCUT2D eigenvalue weighted by atomic mass is 28.4. The predicted molar refractivity (Wildman–Crippen MR) is 171 cm³/mol. The highest BCUT2D eigenvalue weighted by Gasteiger charge is 2.51. The molecule has 2 nitrogen and oxygen atoms in total. The maximum absolute atomic E-state index is 10.9. The van der Waals surface area contributed by atoms with Crippen LogP contribution in [-0.2, 0) is 4.43 Å². The minimum Gasteiger partial charge on any atom is -0.404 e. The Morgan fingerprint density at radius 2 is 1.46 bits per heavy atom. The fourth-order valence-corrected chi connectivity index (χ4v) is 11.7. The number of aliphatic hydroxyl groups is 1. The molecule has 0 aliphatic heterocycles. The van der Waals surface area contributed by atoms with Gasteiger partial charge in [-0.15, -0.1) is 13.2 Å². The van der Waals surface area contributed by atoms with Gasteiger partial charge >= 0.3 is 0 Å². The first-order chi connectivity index (χ1) is 18.5. The summed E-state index contributed by atoms with van der Waals surface area (Å²) in [6.45, 7) is 22.0. The summed E-state index contributed by atoms with van der Waals surface area (Å²) in [6, 6.07) is 21.9. The molecule has 0 saturated carbocycles. The van der Waals surface area contributed by atoms with Crippen LogP contribution in [0.15, 0.2) is 97.6 Å². The Bertz CT molecular complexity index is 1030. The van der Waals surface area contributed by atoms with Crippen LogP contribution >= 0.6 is 0 Å². The van der Waals surface area contributed by atoms with Gasteiger partial charge in [-0.25, -0.2) is 0 Å². The van der Waals surface area contributed by atoms with Gasteiger partial charge in [-0.3, -0.25) is 0 Å². The lowest BCUT2D eigenvalue weighted by atomic mass is 9.64. The molecule has 5 atom stereocenters. The molecule has 3 heteroatoms. The van der Waals surface area contributed by atoms with Gasteiger partial charge in [-0.1, -0.05) is 119 Å². The molecule has 0 aromatic heterocycles. The first-order valence-corrected chi connectivity index (χ1v) is 16.8. The van der Waals surface area contributed by atoms with E-state index in [1.165, 1.54) is 15.9 Å². The van der Waals surface area contributed by atoms with Gasteiger partial charge in [-0.05, 0) is 78.1 Å². The largest absolute Gasteiger partial charge is 0.404 e. The molecule has 212 valence electrons. The van der Waals surface area contributed by atoms with Gasteiger partial charge in [0, 0.05) is 6.10 Å².